The first-order valence-electron chi connectivity index (χ1n) is 6.75. The normalized spacial score (nSPS) is 15.4. The molecule has 0 atom stereocenters. The number of amides is 1. The number of rotatable bonds is 3. The van der Waals surface area contributed by atoms with Gasteiger partial charge in [0, 0.05) is 16.9 Å². The first-order chi connectivity index (χ1) is 9.72. The molecule has 2 aromatic rings. The van der Waals surface area contributed by atoms with E-state index in [1.807, 2.05) is 5.38 Å². The van der Waals surface area contributed by atoms with Crippen molar-refractivity contribution in [2.75, 3.05) is 5.32 Å². The number of carbonyl (C=O) groups excluding carboxylic acids is 1. The summed E-state index contributed by atoms with van der Waals surface area (Å²) in [5, 5.41) is 5.36. The summed E-state index contributed by atoms with van der Waals surface area (Å²) >= 11 is 1.40. The van der Waals surface area contributed by atoms with Crippen LogP contribution in [0.15, 0.2) is 29.6 Å². The molecule has 1 amide bonds. The van der Waals surface area contributed by atoms with Gasteiger partial charge in [0.25, 0.3) is 0 Å². The number of aromatic nitrogens is 1. The molecule has 20 heavy (non-hydrogen) atoms. The van der Waals surface area contributed by atoms with Crippen molar-refractivity contribution < 1.29 is 9.18 Å². The molecule has 0 saturated heterocycles. The third-order valence-electron chi connectivity index (χ3n) is 3.60. The van der Waals surface area contributed by atoms with Gasteiger partial charge in [-0.3, -0.25) is 4.79 Å². The van der Waals surface area contributed by atoms with Crippen LogP contribution in [0.4, 0.5) is 9.52 Å². The summed E-state index contributed by atoms with van der Waals surface area (Å²) in [5.41, 5.74) is 1.61. The molecule has 0 unspecified atom stereocenters. The summed E-state index contributed by atoms with van der Waals surface area (Å²) in [6.45, 7) is 0. The molecule has 1 N–H and O–H groups in total. The number of carbonyl (C=O) groups is 1. The van der Waals surface area contributed by atoms with Crippen LogP contribution < -0.4 is 5.32 Å². The first-order valence-corrected chi connectivity index (χ1v) is 7.63. The monoisotopic (exact) mass is 290 g/mol. The molecule has 0 aliphatic heterocycles. The molecule has 3 nitrogen and oxygen atoms in total. The second kappa shape index (κ2) is 5.71. The molecule has 1 heterocycles. The van der Waals surface area contributed by atoms with Gasteiger partial charge >= 0.3 is 0 Å². The Morgan fingerprint density at radius 2 is 1.95 bits per heavy atom. The summed E-state index contributed by atoms with van der Waals surface area (Å²) in [5.74, 6) is -0.0607. The van der Waals surface area contributed by atoms with Gasteiger partial charge in [-0.15, -0.1) is 11.3 Å². The highest BCUT2D eigenvalue weighted by molar-refractivity contribution is 7.14. The van der Waals surface area contributed by atoms with E-state index in [0.29, 0.717) is 5.13 Å². The third kappa shape index (κ3) is 2.88. The lowest BCUT2D eigenvalue weighted by Gasteiger charge is -2.07. The summed E-state index contributed by atoms with van der Waals surface area (Å²) in [6, 6.07) is 6.19. The van der Waals surface area contributed by atoms with Crippen LogP contribution in [0.5, 0.6) is 0 Å². The van der Waals surface area contributed by atoms with E-state index in [0.717, 1.165) is 36.9 Å². The topological polar surface area (TPSA) is 42.0 Å². The molecule has 3 rings (SSSR count). The van der Waals surface area contributed by atoms with Gasteiger partial charge in [-0.05, 0) is 37.1 Å². The lowest BCUT2D eigenvalue weighted by Crippen LogP contribution is -2.20. The quantitative estimate of drug-likeness (QED) is 0.925. The minimum Gasteiger partial charge on any atom is -0.302 e. The SMILES string of the molecule is O=C(Nc1nc(-c2ccc(F)cc2)cs1)C1CCCC1. The lowest BCUT2D eigenvalue weighted by atomic mass is 10.1. The predicted octanol–water partition coefficient (Wildman–Crippen LogP) is 4.08. The van der Waals surface area contributed by atoms with Gasteiger partial charge in [0.2, 0.25) is 5.91 Å². The zero-order valence-electron chi connectivity index (χ0n) is 10.9. The van der Waals surface area contributed by atoms with Gasteiger partial charge in [0.1, 0.15) is 5.82 Å². The van der Waals surface area contributed by atoms with E-state index in [1.165, 1.54) is 23.5 Å². The first kappa shape index (κ1) is 13.2. The van der Waals surface area contributed by atoms with E-state index in [1.54, 1.807) is 12.1 Å². The second-order valence-corrected chi connectivity index (χ2v) is 5.87. The van der Waals surface area contributed by atoms with Crippen LogP contribution in [0.2, 0.25) is 0 Å². The van der Waals surface area contributed by atoms with E-state index in [9.17, 15) is 9.18 Å². The van der Waals surface area contributed by atoms with Crippen LogP contribution in [-0.4, -0.2) is 10.9 Å². The fraction of sp³-hybridized carbons (Fsp3) is 0.333. The number of thiazole rings is 1. The molecule has 1 saturated carbocycles. The maximum Gasteiger partial charge on any atom is 0.229 e. The molecule has 0 spiro atoms. The zero-order valence-corrected chi connectivity index (χ0v) is 11.8. The van der Waals surface area contributed by atoms with Crippen molar-refractivity contribution in [1.82, 2.24) is 4.98 Å². The van der Waals surface area contributed by atoms with Crippen LogP contribution >= 0.6 is 11.3 Å². The van der Waals surface area contributed by atoms with E-state index < -0.39 is 0 Å². The fourth-order valence-electron chi connectivity index (χ4n) is 2.48. The number of anilines is 1. The van der Waals surface area contributed by atoms with Crippen molar-refractivity contribution in [2.45, 2.75) is 25.7 Å². The van der Waals surface area contributed by atoms with Crippen molar-refractivity contribution in [2.24, 2.45) is 5.92 Å². The van der Waals surface area contributed by atoms with Gasteiger partial charge < -0.3 is 5.32 Å². The molecule has 1 aromatic carbocycles. The van der Waals surface area contributed by atoms with Crippen LogP contribution in [0.25, 0.3) is 11.3 Å². The predicted molar refractivity (Wildman–Crippen MR) is 78.1 cm³/mol. The maximum atomic E-state index is 12.9. The average Bonchev–Trinajstić information content (AvgIpc) is 3.10. The Hall–Kier alpha value is -1.75. The smallest absolute Gasteiger partial charge is 0.229 e. The summed E-state index contributed by atoms with van der Waals surface area (Å²) in [6.07, 6.45) is 4.22. The Kier molecular flexibility index (Phi) is 3.78. The minimum atomic E-state index is -0.265. The molecule has 0 bridgehead atoms. The molecule has 0 radical (unpaired) electrons. The molecular formula is C15H15FN2OS. The van der Waals surface area contributed by atoms with E-state index in [4.69, 9.17) is 0 Å². The van der Waals surface area contributed by atoms with Gasteiger partial charge in [0.05, 0.1) is 5.69 Å². The van der Waals surface area contributed by atoms with Crippen molar-refractivity contribution >= 4 is 22.4 Å². The van der Waals surface area contributed by atoms with Crippen LogP contribution in [-0.2, 0) is 4.79 Å². The highest BCUT2D eigenvalue weighted by Gasteiger charge is 2.23. The number of hydrogen-bond acceptors (Lipinski definition) is 3. The van der Waals surface area contributed by atoms with Crippen molar-refractivity contribution in [3.63, 3.8) is 0 Å². The number of hydrogen-bond donors (Lipinski definition) is 1. The molecule has 1 aliphatic rings. The van der Waals surface area contributed by atoms with Crippen LogP contribution in [0, 0.1) is 11.7 Å². The van der Waals surface area contributed by atoms with Crippen molar-refractivity contribution in [3.05, 3.63) is 35.5 Å². The number of halogens is 1. The van der Waals surface area contributed by atoms with Crippen LogP contribution in [0.1, 0.15) is 25.7 Å². The van der Waals surface area contributed by atoms with Crippen molar-refractivity contribution in [3.8, 4) is 11.3 Å². The van der Waals surface area contributed by atoms with Gasteiger partial charge in [-0.2, -0.15) is 0 Å². The number of benzene rings is 1. The number of nitrogens with one attached hydrogen (secondary N) is 1. The Morgan fingerprint density at radius 1 is 1.25 bits per heavy atom. The Morgan fingerprint density at radius 3 is 2.65 bits per heavy atom. The number of nitrogens with zero attached hydrogens (tertiary/aromatic N) is 1. The maximum absolute atomic E-state index is 12.9. The van der Waals surface area contributed by atoms with Crippen LogP contribution in [0.3, 0.4) is 0 Å². The Labute approximate surface area is 120 Å². The zero-order chi connectivity index (χ0) is 13.9. The van der Waals surface area contributed by atoms with Gasteiger partial charge in [-0.1, -0.05) is 12.8 Å². The Balaban J connectivity index is 1.70. The highest BCUT2D eigenvalue weighted by atomic mass is 32.1. The summed E-state index contributed by atoms with van der Waals surface area (Å²) < 4.78 is 12.9. The third-order valence-corrected chi connectivity index (χ3v) is 4.36. The average molecular weight is 290 g/mol. The molecular weight excluding hydrogens is 275 g/mol. The van der Waals surface area contributed by atoms with E-state index in [-0.39, 0.29) is 17.6 Å². The van der Waals surface area contributed by atoms with E-state index in [2.05, 4.69) is 10.3 Å². The standard InChI is InChI=1S/C15H15FN2OS/c16-12-7-5-10(6-8-12)13-9-20-15(17-13)18-14(19)11-3-1-2-4-11/h5-9,11H,1-4H2,(H,17,18,19). The summed E-state index contributed by atoms with van der Waals surface area (Å²) in [4.78, 5) is 16.4. The Bertz CT molecular complexity index is 603. The lowest BCUT2D eigenvalue weighted by molar-refractivity contribution is -0.119. The van der Waals surface area contributed by atoms with Crippen molar-refractivity contribution in [1.29, 1.82) is 0 Å². The molecule has 1 fully saturated rings. The molecule has 104 valence electrons. The van der Waals surface area contributed by atoms with Gasteiger partial charge in [0.15, 0.2) is 5.13 Å². The minimum absolute atomic E-state index is 0.0718. The van der Waals surface area contributed by atoms with Gasteiger partial charge in [-0.25, -0.2) is 9.37 Å². The molecule has 5 heteroatoms. The molecule has 1 aliphatic carbocycles. The van der Waals surface area contributed by atoms with E-state index >= 15 is 0 Å². The molecule has 1 aromatic heterocycles. The highest BCUT2D eigenvalue weighted by Crippen LogP contribution is 2.28. The largest absolute Gasteiger partial charge is 0.302 e. The fourth-order valence-corrected chi connectivity index (χ4v) is 3.20. The summed E-state index contributed by atoms with van der Waals surface area (Å²) in [7, 11) is 0. The second-order valence-electron chi connectivity index (χ2n) is 5.02.